The average Bonchev–Trinajstić information content (AvgIpc) is 2.93. The minimum absolute atomic E-state index is 0.0887. The Bertz CT molecular complexity index is 869. The summed E-state index contributed by atoms with van der Waals surface area (Å²) in [5.41, 5.74) is 0.755. The van der Waals surface area contributed by atoms with Crippen LogP contribution in [0.1, 0.15) is 22.3 Å². The Morgan fingerprint density at radius 2 is 2.04 bits per heavy atom. The molecule has 1 fully saturated rings. The van der Waals surface area contributed by atoms with Gasteiger partial charge in [0.2, 0.25) is 0 Å². The summed E-state index contributed by atoms with van der Waals surface area (Å²) in [6.07, 6.45) is 1.96. The van der Waals surface area contributed by atoms with Gasteiger partial charge in [-0.05, 0) is 24.6 Å². The molecule has 3 rings (SSSR count). The summed E-state index contributed by atoms with van der Waals surface area (Å²) in [4.78, 5) is 16.2. The molecule has 1 aromatic heterocycles. The Morgan fingerprint density at radius 3 is 2.68 bits per heavy atom. The first kappa shape index (κ1) is 17.3. The van der Waals surface area contributed by atoms with Crippen LogP contribution >= 0.6 is 0 Å². The van der Waals surface area contributed by atoms with Crippen LogP contribution in [0.2, 0.25) is 0 Å². The largest absolute Gasteiger partial charge is 0.366 e. The number of halogens is 1. The molecular formula is C17H18FN3O3S. The van der Waals surface area contributed by atoms with Crippen molar-refractivity contribution in [3.05, 3.63) is 59.5 Å². The van der Waals surface area contributed by atoms with E-state index in [9.17, 15) is 17.6 Å². The lowest BCUT2D eigenvalue weighted by atomic mass is 10.2. The van der Waals surface area contributed by atoms with E-state index in [1.807, 2.05) is 0 Å². The first-order valence-electron chi connectivity index (χ1n) is 7.87. The summed E-state index contributed by atoms with van der Waals surface area (Å²) in [5.74, 6) is 0.0753. The van der Waals surface area contributed by atoms with Crippen molar-refractivity contribution in [2.75, 3.05) is 16.8 Å². The van der Waals surface area contributed by atoms with Gasteiger partial charge in [0.25, 0.3) is 5.91 Å². The standard InChI is InChI=1S/C17H18FN3O3S/c18-15-4-2-1-3-12(15)9-20-17(22)13-5-6-16(19-10-13)21-14-7-8-25(23,24)11-14/h1-6,10,14H,7-9,11H2,(H,19,21)(H,20,22). The highest BCUT2D eigenvalue weighted by molar-refractivity contribution is 7.91. The quantitative estimate of drug-likeness (QED) is 0.845. The number of sulfone groups is 1. The van der Waals surface area contributed by atoms with Gasteiger partial charge in [-0.1, -0.05) is 18.2 Å². The van der Waals surface area contributed by atoms with Gasteiger partial charge in [-0.2, -0.15) is 0 Å². The first-order chi connectivity index (χ1) is 11.9. The molecule has 132 valence electrons. The summed E-state index contributed by atoms with van der Waals surface area (Å²) in [5, 5.41) is 5.70. The predicted octanol–water partition coefficient (Wildman–Crippen LogP) is 1.75. The molecule has 0 spiro atoms. The maximum absolute atomic E-state index is 13.5. The zero-order chi connectivity index (χ0) is 17.9. The molecule has 0 aliphatic carbocycles. The third-order valence-corrected chi connectivity index (χ3v) is 5.78. The van der Waals surface area contributed by atoms with Gasteiger partial charge in [0.15, 0.2) is 9.84 Å². The van der Waals surface area contributed by atoms with Crippen molar-refractivity contribution >= 4 is 21.6 Å². The second-order valence-corrected chi connectivity index (χ2v) is 8.18. The molecule has 25 heavy (non-hydrogen) atoms. The molecule has 2 heterocycles. The topological polar surface area (TPSA) is 88.2 Å². The maximum Gasteiger partial charge on any atom is 0.253 e. The SMILES string of the molecule is O=C(NCc1ccccc1F)c1ccc(NC2CCS(=O)(=O)C2)nc1. The Balaban J connectivity index is 1.56. The fourth-order valence-corrected chi connectivity index (χ4v) is 4.32. The first-order valence-corrected chi connectivity index (χ1v) is 9.70. The van der Waals surface area contributed by atoms with E-state index in [2.05, 4.69) is 15.6 Å². The van der Waals surface area contributed by atoms with Gasteiger partial charge in [-0.3, -0.25) is 4.79 Å². The van der Waals surface area contributed by atoms with Gasteiger partial charge in [-0.15, -0.1) is 0 Å². The van der Waals surface area contributed by atoms with Crippen LogP contribution in [0.25, 0.3) is 0 Å². The molecule has 1 aliphatic heterocycles. The van der Waals surface area contributed by atoms with Crippen LogP contribution in [0.15, 0.2) is 42.6 Å². The fourth-order valence-electron chi connectivity index (χ4n) is 2.65. The molecule has 1 amide bonds. The van der Waals surface area contributed by atoms with Crippen molar-refractivity contribution in [1.82, 2.24) is 10.3 Å². The number of benzene rings is 1. The van der Waals surface area contributed by atoms with E-state index in [0.29, 0.717) is 23.4 Å². The lowest BCUT2D eigenvalue weighted by Crippen LogP contribution is -2.24. The normalized spacial score (nSPS) is 18.7. The van der Waals surface area contributed by atoms with Crippen molar-refractivity contribution < 1.29 is 17.6 Å². The Hall–Kier alpha value is -2.48. The fraction of sp³-hybridized carbons (Fsp3) is 0.294. The van der Waals surface area contributed by atoms with Crippen LogP contribution in [-0.2, 0) is 16.4 Å². The zero-order valence-corrected chi connectivity index (χ0v) is 14.2. The Kier molecular flexibility index (Phi) is 4.98. The minimum Gasteiger partial charge on any atom is -0.366 e. The number of amides is 1. The van der Waals surface area contributed by atoms with E-state index >= 15 is 0 Å². The highest BCUT2D eigenvalue weighted by atomic mass is 32.2. The number of anilines is 1. The zero-order valence-electron chi connectivity index (χ0n) is 13.4. The predicted molar refractivity (Wildman–Crippen MR) is 92.5 cm³/mol. The van der Waals surface area contributed by atoms with Gasteiger partial charge >= 0.3 is 0 Å². The number of carbonyl (C=O) groups is 1. The Morgan fingerprint density at radius 1 is 1.24 bits per heavy atom. The summed E-state index contributed by atoms with van der Waals surface area (Å²) in [7, 11) is -2.96. The molecule has 2 aromatic rings. The van der Waals surface area contributed by atoms with E-state index in [1.165, 1.54) is 12.3 Å². The van der Waals surface area contributed by atoms with E-state index in [0.717, 1.165) is 0 Å². The molecule has 6 nitrogen and oxygen atoms in total. The number of hydrogen-bond donors (Lipinski definition) is 2. The van der Waals surface area contributed by atoms with Crippen LogP contribution in [0.4, 0.5) is 10.2 Å². The van der Waals surface area contributed by atoms with Crippen LogP contribution < -0.4 is 10.6 Å². The molecule has 0 bridgehead atoms. The Labute approximate surface area is 145 Å². The summed E-state index contributed by atoms with van der Waals surface area (Å²) in [6, 6.07) is 9.31. The molecule has 1 unspecified atom stereocenters. The lowest BCUT2D eigenvalue weighted by molar-refractivity contribution is 0.0950. The molecule has 8 heteroatoms. The van der Waals surface area contributed by atoms with E-state index < -0.39 is 9.84 Å². The number of nitrogens with one attached hydrogen (secondary N) is 2. The lowest BCUT2D eigenvalue weighted by Gasteiger charge is -2.12. The minimum atomic E-state index is -2.96. The molecule has 1 saturated heterocycles. The second-order valence-electron chi connectivity index (χ2n) is 5.95. The summed E-state index contributed by atoms with van der Waals surface area (Å²) < 4.78 is 36.4. The number of aromatic nitrogens is 1. The molecule has 1 aromatic carbocycles. The van der Waals surface area contributed by atoms with Crippen molar-refractivity contribution in [1.29, 1.82) is 0 Å². The van der Waals surface area contributed by atoms with Crippen LogP contribution in [-0.4, -0.2) is 36.9 Å². The van der Waals surface area contributed by atoms with Gasteiger partial charge in [0.1, 0.15) is 11.6 Å². The van der Waals surface area contributed by atoms with Gasteiger partial charge < -0.3 is 10.6 Å². The van der Waals surface area contributed by atoms with Gasteiger partial charge in [0, 0.05) is 24.3 Å². The van der Waals surface area contributed by atoms with Crippen molar-refractivity contribution in [2.24, 2.45) is 0 Å². The number of rotatable bonds is 5. The van der Waals surface area contributed by atoms with Crippen molar-refractivity contribution in [3.63, 3.8) is 0 Å². The molecule has 0 radical (unpaired) electrons. The van der Waals surface area contributed by atoms with E-state index in [4.69, 9.17) is 0 Å². The van der Waals surface area contributed by atoms with Crippen molar-refractivity contribution in [2.45, 2.75) is 19.0 Å². The highest BCUT2D eigenvalue weighted by Crippen LogP contribution is 2.16. The van der Waals surface area contributed by atoms with Gasteiger partial charge in [-0.25, -0.2) is 17.8 Å². The maximum atomic E-state index is 13.5. The molecule has 2 N–H and O–H groups in total. The molecule has 0 saturated carbocycles. The summed E-state index contributed by atoms with van der Waals surface area (Å²) in [6.45, 7) is 0.0887. The van der Waals surface area contributed by atoms with Gasteiger partial charge in [0.05, 0.1) is 17.1 Å². The number of nitrogens with zero attached hydrogens (tertiary/aromatic N) is 1. The number of hydrogen-bond acceptors (Lipinski definition) is 5. The van der Waals surface area contributed by atoms with E-state index in [-0.39, 0.29) is 35.8 Å². The third kappa shape index (κ3) is 4.54. The van der Waals surface area contributed by atoms with Crippen molar-refractivity contribution in [3.8, 4) is 0 Å². The number of pyridine rings is 1. The number of carbonyl (C=O) groups excluding carboxylic acids is 1. The van der Waals surface area contributed by atoms with Crippen LogP contribution in [0.5, 0.6) is 0 Å². The average molecular weight is 363 g/mol. The smallest absolute Gasteiger partial charge is 0.253 e. The van der Waals surface area contributed by atoms with Crippen LogP contribution in [0, 0.1) is 5.82 Å². The summed E-state index contributed by atoms with van der Waals surface area (Å²) >= 11 is 0. The second kappa shape index (κ2) is 7.18. The molecule has 1 aliphatic rings. The van der Waals surface area contributed by atoms with Crippen LogP contribution in [0.3, 0.4) is 0 Å². The highest BCUT2D eigenvalue weighted by Gasteiger charge is 2.27. The third-order valence-electron chi connectivity index (χ3n) is 4.01. The molecule has 1 atom stereocenters. The molecular weight excluding hydrogens is 345 g/mol. The van der Waals surface area contributed by atoms with E-state index in [1.54, 1.807) is 30.3 Å². The monoisotopic (exact) mass is 363 g/mol.